The number of carbonyl (C=O) groups excluding carboxylic acids is 1. The second-order valence-corrected chi connectivity index (χ2v) is 9.60. The SMILES string of the molecule is Cc1ccc(Nc2nnc(SC(C)C(=O)Nc3ccc([N+](=O)[O-])cc3C(F)(F)F)s2)cc1C. The third-order valence-corrected chi connectivity index (χ3v) is 6.61. The molecule has 174 valence electrons. The Hall–Kier alpha value is -3.19. The lowest BCUT2D eigenvalue weighted by atomic mass is 10.1. The lowest BCUT2D eigenvalue weighted by Crippen LogP contribution is -2.24. The van der Waals surface area contributed by atoms with E-state index in [0.717, 1.165) is 40.7 Å². The molecular weight excluding hydrogens is 479 g/mol. The number of nitro groups is 1. The van der Waals surface area contributed by atoms with E-state index in [2.05, 4.69) is 20.8 Å². The first kappa shape index (κ1) is 24.5. The number of nitrogens with zero attached hydrogens (tertiary/aromatic N) is 3. The Labute approximate surface area is 194 Å². The van der Waals surface area contributed by atoms with Gasteiger partial charge in [0.1, 0.15) is 0 Å². The molecule has 1 unspecified atom stereocenters. The smallest absolute Gasteiger partial charge is 0.330 e. The summed E-state index contributed by atoms with van der Waals surface area (Å²) in [4.78, 5) is 22.4. The normalized spacial score (nSPS) is 12.3. The summed E-state index contributed by atoms with van der Waals surface area (Å²) in [5, 5.41) is 23.9. The zero-order chi connectivity index (χ0) is 24.3. The number of rotatable bonds is 7. The number of hydrogen-bond donors (Lipinski definition) is 2. The van der Waals surface area contributed by atoms with Crippen LogP contribution in [0, 0.1) is 24.0 Å². The Balaban J connectivity index is 1.68. The van der Waals surface area contributed by atoms with E-state index in [1.54, 1.807) is 0 Å². The number of alkyl halides is 3. The van der Waals surface area contributed by atoms with Crippen molar-refractivity contribution >= 4 is 51.2 Å². The minimum absolute atomic E-state index is 0.392. The number of aromatic nitrogens is 2. The standard InChI is InChI=1S/C20H18F3N5O3S2/c1-10-4-5-13(8-11(10)2)24-18-26-27-19(33-18)32-12(3)17(29)25-16-7-6-14(28(30)31)9-15(16)20(21,22)23/h4-9,12H,1-3H3,(H,24,26)(H,25,29). The van der Waals surface area contributed by atoms with Crippen molar-refractivity contribution in [1.82, 2.24) is 10.2 Å². The molecule has 0 fully saturated rings. The summed E-state index contributed by atoms with van der Waals surface area (Å²) in [6.07, 6.45) is -4.88. The Morgan fingerprint density at radius 3 is 2.52 bits per heavy atom. The monoisotopic (exact) mass is 497 g/mol. The molecule has 0 saturated heterocycles. The van der Waals surface area contributed by atoms with Crippen LogP contribution in [0.1, 0.15) is 23.6 Å². The molecule has 3 aromatic rings. The second kappa shape index (κ2) is 9.75. The van der Waals surface area contributed by atoms with Gasteiger partial charge < -0.3 is 10.6 Å². The number of thioether (sulfide) groups is 1. The lowest BCUT2D eigenvalue weighted by molar-refractivity contribution is -0.385. The molecule has 0 spiro atoms. The number of nitrogens with one attached hydrogen (secondary N) is 2. The summed E-state index contributed by atoms with van der Waals surface area (Å²) in [5.41, 5.74) is 0.511. The Kier molecular flexibility index (Phi) is 7.22. The Morgan fingerprint density at radius 2 is 1.88 bits per heavy atom. The molecule has 0 aliphatic carbocycles. The van der Waals surface area contributed by atoms with Crippen molar-refractivity contribution in [3.8, 4) is 0 Å². The van der Waals surface area contributed by atoms with Crippen LogP contribution in [0.2, 0.25) is 0 Å². The highest BCUT2D eigenvalue weighted by Crippen LogP contribution is 2.38. The van der Waals surface area contributed by atoms with Gasteiger partial charge in [-0.05, 0) is 50.1 Å². The number of aryl methyl sites for hydroxylation is 2. The fourth-order valence-electron chi connectivity index (χ4n) is 2.68. The van der Waals surface area contributed by atoms with Gasteiger partial charge in [-0.1, -0.05) is 29.2 Å². The number of anilines is 3. The predicted molar refractivity (Wildman–Crippen MR) is 121 cm³/mol. The fourth-order valence-corrected chi connectivity index (χ4v) is 4.60. The molecule has 0 aliphatic heterocycles. The maximum Gasteiger partial charge on any atom is 0.418 e. The number of hydrogen-bond acceptors (Lipinski definition) is 8. The fraction of sp³-hybridized carbons (Fsp3) is 0.250. The molecule has 0 radical (unpaired) electrons. The second-order valence-electron chi connectivity index (χ2n) is 7.03. The molecule has 2 aromatic carbocycles. The summed E-state index contributed by atoms with van der Waals surface area (Å²) in [6, 6.07) is 7.99. The number of halogens is 3. The van der Waals surface area contributed by atoms with Gasteiger partial charge in [0.05, 0.1) is 21.4 Å². The quantitative estimate of drug-likeness (QED) is 0.236. The molecule has 3 rings (SSSR count). The van der Waals surface area contributed by atoms with Crippen molar-refractivity contribution < 1.29 is 22.9 Å². The summed E-state index contributed by atoms with van der Waals surface area (Å²) in [5.74, 6) is -0.710. The van der Waals surface area contributed by atoms with E-state index in [-0.39, 0.29) is 0 Å². The molecule has 1 heterocycles. The molecule has 2 N–H and O–H groups in total. The molecule has 0 saturated carbocycles. The van der Waals surface area contributed by atoms with Crippen LogP contribution in [0.5, 0.6) is 0 Å². The number of amides is 1. The average Bonchev–Trinajstić information content (AvgIpc) is 3.16. The van der Waals surface area contributed by atoms with Gasteiger partial charge in [0.25, 0.3) is 5.69 Å². The number of benzene rings is 2. The maximum absolute atomic E-state index is 13.3. The molecule has 0 bridgehead atoms. The number of non-ortho nitro benzene ring substituents is 1. The molecule has 1 aromatic heterocycles. The third-order valence-electron chi connectivity index (χ3n) is 4.59. The lowest BCUT2D eigenvalue weighted by Gasteiger charge is -2.15. The van der Waals surface area contributed by atoms with E-state index >= 15 is 0 Å². The van der Waals surface area contributed by atoms with Crippen LogP contribution < -0.4 is 10.6 Å². The van der Waals surface area contributed by atoms with E-state index in [1.807, 2.05) is 32.0 Å². The maximum atomic E-state index is 13.3. The zero-order valence-electron chi connectivity index (χ0n) is 17.6. The minimum Gasteiger partial charge on any atom is -0.330 e. The zero-order valence-corrected chi connectivity index (χ0v) is 19.2. The highest BCUT2D eigenvalue weighted by Gasteiger charge is 2.36. The average molecular weight is 498 g/mol. The van der Waals surface area contributed by atoms with E-state index in [9.17, 15) is 28.1 Å². The van der Waals surface area contributed by atoms with Gasteiger partial charge in [-0.25, -0.2) is 0 Å². The largest absolute Gasteiger partial charge is 0.418 e. The van der Waals surface area contributed by atoms with Crippen LogP contribution >= 0.6 is 23.1 Å². The van der Waals surface area contributed by atoms with Gasteiger partial charge in [0.15, 0.2) is 4.34 Å². The molecule has 8 nitrogen and oxygen atoms in total. The van der Waals surface area contributed by atoms with Crippen molar-refractivity contribution in [3.05, 3.63) is 63.2 Å². The Bertz CT molecular complexity index is 1200. The minimum atomic E-state index is -4.88. The third kappa shape index (κ3) is 6.20. The van der Waals surface area contributed by atoms with Gasteiger partial charge in [-0.2, -0.15) is 13.2 Å². The highest BCUT2D eigenvalue weighted by atomic mass is 32.2. The van der Waals surface area contributed by atoms with Crippen molar-refractivity contribution in [2.75, 3.05) is 10.6 Å². The van der Waals surface area contributed by atoms with E-state index in [1.165, 1.54) is 18.3 Å². The molecule has 13 heteroatoms. The highest BCUT2D eigenvalue weighted by molar-refractivity contribution is 8.02. The van der Waals surface area contributed by atoms with E-state index in [4.69, 9.17) is 0 Å². The van der Waals surface area contributed by atoms with Crippen LogP contribution in [0.4, 0.5) is 35.4 Å². The first-order valence-corrected chi connectivity index (χ1v) is 11.1. The Morgan fingerprint density at radius 1 is 1.15 bits per heavy atom. The van der Waals surface area contributed by atoms with Crippen LogP contribution in [0.3, 0.4) is 0 Å². The van der Waals surface area contributed by atoms with E-state index in [0.29, 0.717) is 15.5 Å². The van der Waals surface area contributed by atoms with Crippen molar-refractivity contribution in [2.45, 2.75) is 36.5 Å². The van der Waals surface area contributed by atoms with Crippen LogP contribution in [-0.4, -0.2) is 26.3 Å². The topological polar surface area (TPSA) is 110 Å². The first-order chi connectivity index (χ1) is 15.4. The van der Waals surface area contributed by atoms with Gasteiger partial charge >= 0.3 is 6.18 Å². The van der Waals surface area contributed by atoms with Crippen LogP contribution in [-0.2, 0) is 11.0 Å². The summed E-state index contributed by atoms with van der Waals surface area (Å²) >= 11 is 2.23. The molecule has 1 atom stereocenters. The molecule has 0 aliphatic rings. The van der Waals surface area contributed by atoms with Crippen LogP contribution in [0.15, 0.2) is 40.7 Å². The van der Waals surface area contributed by atoms with Crippen molar-refractivity contribution in [3.63, 3.8) is 0 Å². The summed E-state index contributed by atoms with van der Waals surface area (Å²) in [6.45, 7) is 5.49. The summed E-state index contributed by atoms with van der Waals surface area (Å²) < 4.78 is 40.4. The van der Waals surface area contributed by atoms with Gasteiger partial charge in [-0.15, -0.1) is 10.2 Å². The predicted octanol–water partition coefficient (Wildman–Crippen LogP) is 5.94. The molecular formula is C20H18F3N5O3S2. The van der Waals surface area contributed by atoms with E-state index < -0.39 is 39.2 Å². The van der Waals surface area contributed by atoms with Crippen molar-refractivity contribution in [1.29, 1.82) is 0 Å². The number of carbonyl (C=O) groups is 1. The summed E-state index contributed by atoms with van der Waals surface area (Å²) in [7, 11) is 0. The van der Waals surface area contributed by atoms with Crippen molar-refractivity contribution in [2.24, 2.45) is 0 Å². The molecule has 33 heavy (non-hydrogen) atoms. The van der Waals surface area contributed by atoms with Crippen LogP contribution in [0.25, 0.3) is 0 Å². The first-order valence-electron chi connectivity index (χ1n) is 9.45. The van der Waals surface area contributed by atoms with Gasteiger partial charge in [0, 0.05) is 17.8 Å². The number of nitro benzene ring substituents is 1. The van der Waals surface area contributed by atoms with Gasteiger partial charge in [0.2, 0.25) is 11.0 Å². The molecule has 1 amide bonds. The van der Waals surface area contributed by atoms with Gasteiger partial charge in [-0.3, -0.25) is 14.9 Å².